The van der Waals surface area contributed by atoms with Crippen LogP contribution in [0, 0.1) is 0 Å². The molecule has 9 heteroatoms. The topological polar surface area (TPSA) is 94.0 Å². The Bertz CT molecular complexity index is 1050. The van der Waals surface area contributed by atoms with Gasteiger partial charge in [0.25, 0.3) is 5.91 Å². The maximum atomic E-state index is 11.8. The zero-order valence-electron chi connectivity index (χ0n) is 16.9. The second-order valence-corrected chi connectivity index (χ2v) is 7.07. The number of methoxy groups -OCH3 is 1. The second-order valence-electron chi connectivity index (χ2n) is 6.66. The SMILES string of the molecule is C=C(C)C(=O)Nc1cccc(CNc2nc(-c3cnn(CCOC)c3)ncc2Cl)c1. The van der Waals surface area contributed by atoms with E-state index >= 15 is 0 Å². The van der Waals surface area contributed by atoms with Crippen LogP contribution in [0.1, 0.15) is 12.5 Å². The molecule has 1 amide bonds. The minimum atomic E-state index is -0.213. The molecule has 0 saturated heterocycles. The maximum Gasteiger partial charge on any atom is 0.250 e. The quantitative estimate of drug-likeness (QED) is 0.506. The van der Waals surface area contributed by atoms with Crippen molar-refractivity contribution in [2.24, 2.45) is 0 Å². The van der Waals surface area contributed by atoms with E-state index in [0.717, 1.165) is 11.1 Å². The van der Waals surface area contributed by atoms with Crippen molar-refractivity contribution in [2.45, 2.75) is 20.0 Å². The Labute approximate surface area is 180 Å². The molecule has 3 aromatic rings. The first-order valence-electron chi connectivity index (χ1n) is 9.30. The molecule has 0 aliphatic carbocycles. The molecule has 0 aliphatic rings. The number of hydrogen-bond acceptors (Lipinski definition) is 6. The third-order valence-electron chi connectivity index (χ3n) is 4.19. The Morgan fingerprint density at radius 2 is 2.17 bits per heavy atom. The van der Waals surface area contributed by atoms with Gasteiger partial charge in [-0.2, -0.15) is 5.10 Å². The van der Waals surface area contributed by atoms with Gasteiger partial charge in [0.15, 0.2) is 5.82 Å². The number of rotatable bonds is 9. The predicted molar refractivity (Wildman–Crippen MR) is 117 cm³/mol. The van der Waals surface area contributed by atoms with Crippen molar-refractivity contribution in [3.05, 3.63) is 65.6 Å². The highest BCUT2D eigenvalue weighted by Crippen LogP contribution is 2.23. The molecule has 156 valence electrons. The molecule has 0 fully saturated rings. The van der Waals surface area contributed by atoms with Crippen LogP contribution in [0.5, 0.6) is 0 Å². The van der Waals surface area contributed by atoms with Gasteiger partial charge in [0.2, 0.25) is 0 Å². The molecule has 3 rings (SSSR count). The summed E-state index contributed by atoms with van der Waals surface area (Å²) >= 11 is 6.27. The van der Waals surface area contributed by atoms with E-state index in [2.05, 4.69) is 32.3 Å². The summed E-state index contributed by atoms with van der Waals surface area (Å²) in [4.78, 5) is 20.6. The highest BCUT2D eigenvalue weighted by atomic mass is 35.5. The first kappa shape index (κ1) is 21.5. The van der Waals surface area contributed by atoms with E-state index in [0.29, 0.717) is 47.6 Å². The maximum absolute atomic E-state index is 11.8. The molecule has 0 spiro atoms. The predicted octanol–water partition coefficient (Wildman–Crippen LogP) is 3.77. The van der Waals surface area contributed by atoms with Crippen LogP contribution >= 0.6 is 11.6 Å². The van der Waals surface area contributed by atoms with Crippen molar-refractivity contribution in [2.75, 3.05) is 24.4 Å². The number of amides is 1. The summed E-state index contributed by atoms with van der Waals surface area (Å²) in [6.45, 7) is 7.00. The minimum Gasteiger partial charge on any atom is -0.383 e. The number of nitrogens with one attached hydrogen (secondary N) is 2. The summed E-state index contributed by atoms with van der Waals surface area (Å²) < 4.78 is 6.84. The summed E-state index contributed by atoms with van der Waals surface area (Å²) in [5.74, 6) is 0.824. The number of aromatic nitrogens is 4. The summed E-state index contributed by atoms with van der Waals surface area (Å²) in [6, 6.07) is 7.51. The van der Waals surface area contributed by atoms with Crippen LogP contribution < -0.4 is 10.6 Å². The summed E-state index contributed by atoms with van der Waals surface area (Å²) in [5.41, 5.74) is 2.89. The van der Waals surface area contributed by atoms with Gasteiger partial charge in [-0.3, -0.25) is 9.48 Å². The summed E-state index contributed by atoms with van der Waals surface area (Å²) in [5, 5.41) is 10.7. The highest BCUT2D eigenvalue weighted by Gasteiger charge is 2.10. The lowest BCUT2D eigenvalue weighted by molar-refractivity contribution is -0.112. The number of benzene rings is 1. The number of hydrogen-bond donors (Lipinski definition) is 2. The number of ether oxygens (including phenoxy) is 1. The van der Waals surface area contributed by atoms with E-state index in [-0.39, 0.29) is 5.91 Å². The Morgan fingerprint density at radius 3 is 2.93 bits per heavy atom. The van der Waals surface area contributed by atoms with Crippen LogP contribution in [-0.4, -0.2) is 39.4 Å². The molecule has 0 atom stereocenters. The van der Waals surface area contributed by atoms with Crippen LogP contribution in [0.4, 0.5) is 11.5 Å². The lowest BCUT2D eigenvalue weighted by Gasteiger charge is -2.10. The van der Waals surface area contributed by atoms with Crippen LogP contribution in [0.15, 0.2) is 55.0 Å². The van der Waals surface area contributed by atoms with Gasteiger partial charge in [-0.25, -0.2) is 9.97 Å². The van der Waals surface area contributed by atoms with Crippen molar-refractivity contribution in [3.63, 3.8) is 0 Å². The third kappa shape index (κ3) is 5.65. The van der Waals surface area contributed by atoms with Crippen molar-refractivity contribution in [3.8, 4) is 11.4 Å². The molecule has 0 aliphatic heterocycles. The Balaban J connectivity index is 1.70. The fourth-order valence-corrected chi connectivity index (χ4v) is 2.76. The molecule has 0 unspecified atom stereocenters. The molecular weight excluding hydrogens is 404 g/mol. The van der Waals surface area contributed by atoms with Gasteiger partial charge in [0.05, 0.1) is 31.1 Å². The Morgan fingerprint density at radius 1 is 1.33 bits per heavy atom. The van der Waals surface area contributed by atoms with E-state index in [9.17, 15) is 4.79 Å². The Kier molecular flexibility index (Phi) is 7.16. The monoisotopic (exact) mass is 426 g/mol. The van der Waals surface area contributed by atoms with E-state index < -0.39 is 0 Å². The molecule has 30 heavy (non-hydrogen) atoms. The minimum absolute atomic E-state index is 0.213. The molecule has 2 N–H and O–H groups in total. The number of nitrogens with zero attached hydrogens (tertiary/aromatic N) is 4. The van der Waals surface area contributed by atoms with Gasteiger partial charge in [-0.15, -0.1) is 0 Å². The molecule has 0 radical (unpaired) electrons. The van der Waals surface area contributed by atoms with Gasteiger partial charge >= 0.3 is 0 Å². The third-order valence-corrected chi connectivity index (χ3v) is 4.47. The average molecular weight is 427 g/mol. The standard InChI is InChI=1S/C21H23ClN6O2/c1-14(2)21(29)26-17-6-4-5-15(9-17)10-23-20-18(22)12-24-19(27-20)16-11-25-28(13-16)7-8-30-3/h4-6,9,11-13H,1,7-8,10H2,2-3H3,(H,26,29)(H,23,24,27). The lowest BCUT2D eigenvalue weighted by atomic mass is 10.2. The summed E-state index contributed by atoms with van der Waals surface area (Å²) in [7, 11) is 1.65. The van der Waals surface area contributed by atoms with Crippen LogP contribution in [-0.2, 0) is 22.6 Å². The van der Waals surface area contributed by atoms with Crippen LogP contribution in [0.2, 0.25) is 5.02 Å². The molecule has 0 bridgehead atoms. The van der Waals surface area contributed by atoms with Crippen LogP contribution in [0.3, 0.4) is 0 Å². The fraction of sp³-hybridized carbons (Fsp3) is 0.238. The normalized spacial score (nSPS) is 10.6. The summed E-state index contributed by atoms with van der Waals surface area (Å²) in [6.07, 6.45) is 5.12. The first-order valence-corrected chi connectivity index (χ1v) is 9.68. The fourth-order valence-electron chi connectivity index (χ4n) is 2.60. The van der Waals surface area contributed by atoms with Crippen molar-refractivity contribution >= 4 is 29.0 Å². The Hall–Kier alpha value is -3.23. The van der Waals surface area contributed by atoms with Crippen LogP contribution in [0.25, 0.3) is 11.4 Å². The van der Waals surface area contributed by atoms with E-state index in [1.54, 1.807) is 31.1 Å². The van der Waals surface area contributed by atoms with Gasteiger partial charge in [0, 0.05) is 31.1 Å². The molecule has 8 nitrogen and oxygen atoms in total. The average Bonchev–Trinajstić information content (AvgIpc) is 3.21. The largest absolute Gasteiger partial charge is 0.383 e. The second kappa shape index (κ2) is 10.00. The van der Waals surface area contributed by atoms with Gasteiger partial charge in [-0.05, 0) is 24.6 Å². The van der Waals surface area contributed by atoms with Crippen molar-refractivity contribution < 1.29 is 9.53 Å². The number of halogens is 1. The van der Waals surface area contributed by atoms with Gasteiger partial charge in [-0.1, -0.05) is 30.3 Å². The molecule has 0 saturated carbocycles. The molecule has 2 aromatic heterocycles. The number of anilines is 2. The zero-order chi connectivity index (χ0) is 21.5. The van der Waals surface area contributed by atoms with E-state index in [1.807, 2.05) is 30.5 Å². The molecule has 1 aromatic carbocycles. The van der Waals surface area contributed by atoms with Gasteiger partial charge in [0.1, 0.15) is 10.8 Å². The molecule has 2 heterocycles. The lowest BCUT2D eigenvalue weighted by Crippen LogP contribution is -2.12. The van der Waals surface area contributed by atoms with E-state index in [1.165, 1.54) is 0 Å². The highest BCUT2D eigenvalue weighted by molar-refractivity contribution is 6.32. The zero-order valence-corrected chi connectivity index (χ0v) is 17.6. The first-order chi connectivity index (χ1) is 14.5. The van der Waals surface area contributed by atoms with Crippen molar-refractivity contribution in [1.82, 2.24) is 19.7 Å². The number of carbonyl (C=O) groups is 1. The van der Waals surface area contributed by atoms with E-state index in [4.69, 9.17) is 16.3 Å². The number of carbonyl (C=O) groups excluding carboxylic acids is 1. The van der Waals surface area contributed by atoms with Gasteiger partial charge < -0.3 is 15.4 Å². The smallest absolute Gasteiger partial charge is 0.250 e. The van der Waals surface area contributed by atoms with Crippen molar-refractivity contribution in [1.29, 1.82) is 0 Å². The molecular formula is C21H23ClN6O2.